The van der Waals surface area contributed by atoms with Crippen molar-refractivity contribution in [3.63, 3.8) is 0 Å². The van der Waals surface area contributed by atoms with Gasteiger partial charge in [-0.15, -0.1) is 24.7 Å². The molecule has 0 spiro atoms. The second-order valence-corrected chi connectivity index (χ2v) is 8.02. The zero-order valence-electron chi connectivity index (χ0n) is 17.5. The summed E-state index contributed by atoms with van der Waals surface area (Å²) in [5, 5.41) is 0. The molecule has 0 N–H and O–H groups in total. The third-order valence-electron chi connectivity index (χ3n) is 5.68. The van der Waals surface area contributed by atoms with E-state index in [2.05, 4.69) is 36.1 Å². The predicted molar refractivity (Wildman–Crippen MR) is 124 cm³/mol. The molecule has 0 aliphatic carbocycles. The molecule has 0 bridgehead atoms. The molecule has 0 radical (unpaired) electrons. The number of rotatable bonds is 8. The number of nitrogens with zero attached hydrogens (tertiary/aromatic N) is 2. The van der Waals surface area contributed by atoms with Gasteiger partial charge in [0.25, 0.3) is 0 Å². The fourth-order valence-corrected chi connectivity index (χ4v) is 4.14. The first kappa shape index (κ1) is 20.8. The summed E-state index contributed by atoms with van der Waals surface area (Å²) in [4.78, 5) is 9.78. The van der Waals surface area contributed by atoms with E-state index in [0.717, 1.165) is 12.8 Å². The predicted octanol–water partition coefficient (Wildman–Crippen LogP) is 4.10. The van der Waals surface area contributed by atoms with E-state index in [1.807, 2.05) is 36.4 Å². The van der Waals surface area contributed by atoms with Crippen LogP contribution in [0.4, 0.5) is 0 Å². The van der Waals surface area contributed by atoms with E-state index in [4.69, 9.17) is 32.3 Å². The van der Waals surface area contributed by atoms with E-state index in [1.165, 1.54) is 11.1 Å². The highest BCUT2D eigenvalue weighted by Gasteiger charge is 2.48. The Kier molecular flexibility index (Phi) is 6.39. The average molecular weight is 411 g/mol. The molecule has 4 nitrogen and oxygen atoms in total. The lowest BCUT2D eigenvalue weighted by atomic mass is 9.80. The molecule has 0 aromatic heterocycles. The van der Waals surface area contributed by atoms with Gasteiger partial charge in [0.1, 0.15) is 18.6 Å². The molecule has 4 heteroatoms. The summed E-state index contributed by atoms with van der Waals surface area (Å²) in [5.41, 5.74) is 1.64. The lowest BCUT2D eigenvalue weighted by molar-refractivity contribution is 0.253. The van der Waals surface area contributed by atoms with Crippen molar-refractivity contribution >= 4 is 11.8 Å². The molecular formula is C27H26N2O2. The minimum absolute atomic E-state index is 0.0226. The summed E-state index contributed by atoms with van der Waals surface area (Å²) in [7, 11) is 0. The van der Waals surface area contributed by atoms with Gasteiger partial charge in [0.2, 0.25) is 11.8 Å². The maximum absolute atomic E-state index is 6.07. The topological polar surface area (TPSA) is 43.2 Å². The molecule has 2 aromatic carbocycles. The fourth-order valence-electron chi connectivity index (χ4n) is 4.14. The lowest BCUT2D eigenvalue weighted by Gasteiger charge is -2.28. The second-order valence-electron chi connectivity index (χ2n) is 8.02. The Hall–Kier alpha value is -3.50. The SMILES string of the molecule is C#CCC(CC#C)(C1=N[C@@H](Cc2ccccc2)CO1)C1=N[C@@H](Cc2ccccc2)CO1. The van der Waals surface area contributed by atoms with Crippen LogP contribution in [-0.4, -0.2) is 37.1 Å². The Labute approximate surface area is 184 Å². The number of hydrogen-bond acceptors (Lipinski definition) is 4. The van der Waals surface area contributed by atoms with E-state index in [9.17, 15) is 0 Å². The number of ether oxygens (including phenoxy) is 2. The molecule has 0 fully saturated rings. The average Bonchev–Trinajstić information content (AvgIpc) is 3.45. The van der Waals surface area contributed by atoms with Crippen LogP contribution in [0, 0.1) is 30.1 Å². The van der Waals surface area contributed by atoms with Crippen molar-refractivity contribution in [1.82, 2.24) is 0 Å². The van der Waals surface area contributed by atoms with Gasteiger partial charge in [-0.1, -0.05) is 60.7 Å². The second kappa shape index (κ2) is 9.54. The fraction of sp³-hybridized carbons (Fsp3) is 0.333. The van der Waals surface area contributed by atoms with Gasteiger partial charge >= 0.3 is 0 Å². The van der Waals surface area contributed by atoms with E-state index in [0.29, 0.717) is 37.9 Å². The van der Waals surface area contributed by atoms with Crippen LogP contribution in [0.25, 0.3) is 0 Å². The van der Waals surface area contributed by atoms with Crippen LogP contribution >= 0.6 is 0 Å². The highest BCUT2D eigenvalue weighted by atomic mass is 16.5. The van der Waals surface area contributed by atoms with E-state index >= 15 is 0 Å². The van der Waals surface area contributed by atoms with Gasteiger partial charge in [0, 0.05) is 12.8 Å². The first-order valence-electron chi connectivity index (χ1n) is 10.6. The zero-order valence-corrected chi connectivity index (χ0v) is 17.5. The third-order valence-corrected chi connectivity index (χ3v) is 5.68. The Balaban J connectivity index is 1.58. The molecule has 2 aliphatic rings. The van der Waals surface area contributed by atoms with Gasteiger partial charge in [0.15, 0.2) is 0 Å². The summed E-state index contributed by atoms with van der Waals surface area (Å²) < 4.78 is 12.1. The monoisotopic (exact) mass is 410 g/mol. The summed E-state index contributed by atoms with van der Waals surface area (Å²) in [6.45, 7) is 1.00. The molecule has 0 saturated carbocycles. The van der Waals surface area contributed by atoms with E-state index in [-0.39, 0.29) is 12.1 Å². The minimum atomic E-state index is -0.805. The molecule has 2 atom stereocenters. The summed E-state index contributed by atoms with van der Waals surface area (Å²) in [6.07, 6.45) is 13.8. The minimum Gasteiger partial charge on any atom is -0.478 e. The van der Waals surface area contributed by atoms with Gasteiger partial charge in [-0.3, -0.25) is 0 Å². The Morgan fingerprint density at radius 2 is 1.16 bits per heavy atom. The van der Waals surface area contributed by atoms with Crippen molar-refractivity contribution in [2.24, 2.45) is 15.4 Å². The van der Waals surface area contributed by atoms with Crippen molar-refractivity contribution in [2.45, 2.75) is 37.8 Å². The molecule has 0 unspecified atom stereocenters. The standard InChI is InChI=1S/C27H26N2O2/c1-3-15-27(16-4-2,25-28-23(19-30-25)17-21-11-7-5-8-12-21)26-29-24(20-31-26)18-22-13-9-6-10-14-22/h1-2,5-14,23-24H,15-20H2/t23-,24-/m0/s1. The van der Waals surface area contributed by atoms with Crippen LogP contribution in [-0.2, 0) is 22.3 Å². The molecule has 31 heavy (non-hydrogen) atoms. The van der Waals surface area contributed by atoms with Gasteiger partial charge in [-0.05, 0) is 24.0 Å². The number of aliphatic imine (C=N–C) groups is 2. The van der Waals surface area contributed by atoms with Gasteiger partial charge < -0.3 is 9.47 Å². The molecule has 2 aromatic rings. The molecular weight excluding hydrogens is 384 g/mol. The molecule has 0 amide bonds. The Bertz CT molecular complexity index is 943. The van der Waals surface area contributed by atoms with E-state index < -0.39 is 5.41 Å². The van der Waals surface area contributed by atoms with Crippen LogP contribution in [0.15, 0.2) is 70.6 Å². The van der Waals surface area contributed by atoms with Crippen molar-refractivity contribution in [1.29, 1.82) is 0 Å². The highest BCUT2D eigenvalue weighted by Crippen LogP contribution is 2.37. The smallest absolute Gasteiger partial charge is 0.201 e. The first-order valence-corrected chi connectivity index (χ1v) is 10.6. The molecule has 156 valence electrons. The Morgan fingerprint density at radius 1 is 0.742 bits per heavy atom. The maximum Gasteiger partial charge on any atom is 0.201 e. The Morgan fingerprint density at radius 3 is 1.55 bits per heavy atom. The van der Waals surface area contributed by atoms with Crippen LogP contribution in [0.2, 0.25) is 0 Å². The quantitative estimate of drug-likeness (QED) is 0.615. The third kappa shape index (κ3) is 4.65. The van der Waals surface area contributed by atoms with Gasteiger partial charge in [0.05, 0.1) is 12.1 Å². The summed E-state index contributed by atoms with van der Waals surface area (Å²) in [6, 6.07) is 20.6. The summed E-state index contributed by atoms with van der Waals surface area (Å²) >= 11 is 0. The summed E-state index contributed by atoms with van der Waals surface area (Å²) in [5.74, 6) is 6.64. The number of benzene rings is 2. The largest absolute Gasteiger partial charge is 0.478 e. The van der Waals surface area contributed by atoms with Crippen molar-refractivity contribution in [2.75, 3.05) is 13.2 Å². The molecule has 2 aliphatic heterocycles. The van der Waals surface area contributed by atoms with Gasteiger partial charge in [-0.2, -0.15) is 0 Å². The maximum atomic E-state index is 6.07. The van der Waals surface area contributed by atoms with Crippen LogP contribution < -0.4 is 0 Å². The van der Waals surface area contributed by atoms with Gasteiger partial charge in [-0.25, -0.2) is 9.98 Å². The molecule has 4 rings (SSSR count). The normalized spacial score (nSPS) is 20.1. The molecule has 0 saturated heterocycles. The zero-order chi connectivity index (χ0) is 21.5. The van der Waals surface area contributed by atoms with E-state index in [1.54, 1.807) is 0 Å². The van der Waals surface area contributed by atoms with Crippen LogP contribution in [0.1, 0.15) is 24.0 Å². The van der Waals surface area contributed by atoms with Crippen molar-refractivity contribution < 1.29 is 9.47 Å². The van der Waals surface area contributed by atoms with Crippen molar-refractivity contribution in [3.8, 4) is 24.7 Å². The van der Waals surface area contributed by atoms with Crippen LogP contribution in [0.3, 0.4) is 0 Å². The molecule has 2 heterocycles. The highest BCUT2D eigenvalue weighted by molar-refractivity contribution is 6.06. The van der Waals surface area contributed by atoms with Crippen LogP contribution in [0.5, 0.6) is 0 Å². The lowest BCUT2D eigenvalue weighted by Crippen LogP contribution is -2.39. The first-order chi connectivity index (χ1) is 15.2. The van der Waals surface area contributed by atoms with Crippen molar-refractivity contribution in [3.05, 3.63) is 71.8 Å². The number of terminal acetylenes is 2. The number of hydrogen-bond donors (Lipinski definition) is 0.